The maximum atomic E-state index is 7.74. The zero-order valence-electron chi connectivity index (χ0n) is 51.3. The summed E-state index contributed by atoms with van der Waals surface area (Å²) in [5.41, 5.74) is 22.7. The molecule has 5 aromatic heterocycles. The predicted molar refractivity (Wildman–Crippen MR) is 386 cm³/mol. The van der Waals surface area contributed by atoms with E-state index in [1.54, 1.807) is 0 Å². The number of fused-ring (bicyclic) bond motifs is 20. The molecule has 94 heavy (non-hydrogen) atoms. The van der Waals surface area contributed by atoms with Crippen LogP contribution in [0.5, 0.6) is 0 Å². The van der Waals surface area contributed by atoms with Gasteiger partial charge >= 0.3 is 0 Å². The second-order valence-corrected chi connectivity index (χ2v) is 25.1. The van der Waals surface area contributed by atoms with Crippen molar-refractivity contribution in [1.29, 1.82) is 0 Å². The van der Waals surface area contributed by atoms with Gasteiger partial charge in [-0.25, -0.2) is 0 Å². The zero-order chi connectivity index (χ0) is 61.9. The van der Waals surface area contributed by atoms with E-state index in [4.69, 9.17) is 17.7 Å². The van der Waals surface area contributed by atoms with Crippen LogP contribution in [-0.4, -0.2) is 4.57 Å². The van der Waals surface area contributed by atoms with Gasteiger partial charge < -0.3 is 32.0 Å². The fourth-order valence-corrected chi connectivity index (χ4v) is 16.1. The Balaban J connectivity index is 0.989. The molecular weight excluding hydrogens is 1150 g/mol. The Bertz CT molecular complexity index is 6290. The number of aromatic nitrogens is 1. The molecule has 0 aliphatic heterocycles. The van der Waals surface area contributed by atoms with E-state index in [1.807, 2.05) is 12.1 Å². The molecule has 0 spiro atoms. The molecule has 0 radical (unpaired) electrons. The maximum Gasteiger partial charge on any atom is 0.160 e. The minimum Gasteiger partial charge on any atom is -0.455 e. The molecule has 0 N–H and O–H groups in total. The Morgan fingerprint density at radius 3 is 1.31 bits per heavy atom. The summed E-state index contributed by atoms with van der Waals surface area (Å²) in [6.45, 7) is 4.51. The number of furan rings is 4. The second-order valence-electron chi connectivity index (χ2n) is 25.1. The van der Waals surface area contributed by atoms with E-state index in [0.29, 0.717) is 0 Å². The molecular formula is C87H55N3O4. The van der Waals surface area contributed by atoms with Gasteiger partial charge in [0.15, 0.2) is 16.7 Å². The van der Waals surface area contributed by atoms with Crippen LogP contribution in [0.4, 0.5) is 34.1 Å². The van der Waals surface area contributed by atoms with Gasteiger partial charge in [0.1, 0.15) is 27.9 Å². The summed E-state index contributed by atoms with van der Waals surface area (Å²) in [5, 5.41) is 10.5. The quantitative estimate of drug-likeness (QED) is 0.143. The highest BCUT2D eigenvalue weighted by Gasteiger charge is 2.51. The number of benzene rings is 14. The summed E-state index contributed by atoms with van der Waals surface area (Å²) >= 11 is 0. The van der Waals surface area contributed by atoms with E-state index in [2.05, 4.69) is 313 Å². The molecule has 0 fully saturated rings. The standard InChI is InChI=1S/C87H55N3O4/c1-52-43-44-53(2)66(49-52)87(54-45-47-57(48-46-54)88-69-35-15-9-27-58(69)59-28-10-16-36-70(59)88)67-51-74(90(56-25-7-4-8-26-56)72-38-22-34-63-61-30-12-18-40-76(61)92-84(63)72)85-80(65-32-14-20-42-78(65)93-85)81(67)82-68(87)50-73(79-64-31-13-19-41-77(64)94-86(79)82)89(55-23-5-3-6-24-55)71-37-21-33-62-60-29-11-17-39-75(60)91-83(62)71/h3-51H,1-2H3. The van der Waals surface area contributed by atoms with Crippen LogP contribution >= 0.6 is 0 Å². The lowest BCUT2D eigenvalue weighted by atomic mass is 9.66. The van der Waals surface area contributed by atoms with Crippen LogP contribution in [-0.2, 0) is 5.41 Å². The molecule has 0 bridgehead atoms. The van der Waals surface area contributed by atoms with Gasteiger partial charge in [0.05, 0.1) is 44.6 Å². The molecule has 1 unspecified atom stereocenters. The smallest absolute Gasteiger partial charge is 0.160 e. The van der Waals surface area contributed by atoms with E-state index in [1.165, 1.54) is 10.8 Å². The summed E-state index contributed by atoms with van der Waals surface area (Å²) in [6.07, 6.45) is 0. The Labute approximate surface area is 539 Å². The third-order valence-electron chi connectivity index (χ3n) is 20.0. The molecule has 19 aromatic rings. The van der Waals surface area contributed by atoms with Crippen molar-refractivity contribution in [2.24, 2.45) is 0 Å². The lowest BCUT2D eigenvalue weighted by Gasteiger charge is -2.37. The van der Waals surface area contributed by atoms with Gasteiger partial charge in [-0.3, -0.25) is 0 Å². The van der Waals surface area contributed by atoms with Crippen LogP contribution < -0.4 is 9.80 Å². The number of rotatable bonds is 9. The fourth-order valence-electron chi connectivity index (χ4n) is 16.1. The van der Waals surface area contributed by atoms with Crippen molar-refractivity contribution in [2.75, 3.05) is 9.80 Å². The second kappa shape index (κ2) is 19.8. The normalized spacial score (nSPS) is 13.9. The van der Waals surface area contributed by atoms with Crippen LogP contribution in [0, 0.1) is 13.8 Å². The SMILES string of the molecule is Cc1ccc(C)c(C2(c3ccc(-n4c5ccccc5c5ccccc54)cc3)c3cc(N(c4ccccc4)c4cccc5c4oc4ccccc45)c4c(oc5ccccc54)c3-c3c2cc(N(c2ccccc2)c2cccc4c2oc2ccccc24)c2oc4ccccc4c32)c1. The van der Waals surface area contributed by atoms with E-state index < -0.39 is 5.41 Å². The lowest BCUT2D eigenvalue weighted by molar-refractivity contribution is 0.666. The highest BCUT2D eigenvalue weighted by atomic mass is 16.3. The Hall–Kier alpha value is -12.3. The van der Waals surface area contributed by atoms with Crippen LogP contribution in [0.25, 0.3) is 126 Å². The summed E-state index contributed by atoms with van der Waals surface area (Å²) in [7, 11) is 0. The van der Waals surface area contributed by atoms with Crippen LogP contribution in [0.15, 0.2) is 315 Å². The fraction of sp³-hybridized carbons (Fsp3) is 0.0345. The number of anilines is 6. The molecule has 1 aliphatic carbocycles. The highest BCUT2D eigenvalue weighted by Crippen LogP contribution is 2.65. The van der Waals surface area contributed by atoms with Crippen LogP contribution in [0.3, 0.4) is 0 Å². The number of hydrogen-bond acceptors (Lipinski definition) is 6. The molecule has 0 amide bonds. The van der Waals surface area contributed by atoms with E-state index in [0.717, 1.165) is 183 Å². The first-order valence-electron chi connectivity index (χ1n) is 32.1. The third kappa shape index (κ3) is 7.26. The van der Waals surface area contributed by atoms with Crippen molar-refractivity contribution in [3.63, 3.8) is 0 Å². The average Bonchev–Trinajstić information content (AvgIpc) is 1.49. The largest absolute Gasteiger partial charge is 0.455 e. The summed E-state index contributed by atoms with van der Waals surface area (Å²) in [6, 6.07) is 107. The van der Waals surface area contributed by atoms with Crippen molar-refractivity contribution in [2.45, 2.75) is 19.3 Å². The summed E-state index contributed by atoms with van der Waals surface area (Å²) < 4.78 is 31.9. The van der Waals surface area contributed by atoms with Gasteiger partial charge in [0.25, 0.3) is 0 Å². The molecule has 5 heterocycles. The van der Waals surface area contributed by atoms with E-state index >= 15 is 0 Å². The van der Waals surface area contributed by atoms with Crippen molar-refractivity contribution >= 4 is 144 Å². The maximum absolute atomic E-state index is 7.74. The van der Waals surface area contributed by atoms with E-state index in [-0.39, 0.29) is 0 Å². The molecule has 7 nitrogen and oxygen atoms in total. The Morgan fingerprint density at radius 1 is 0.298 bits per heavy atom. The Morgan fingerprint density at radius 2 is 0.734 bits per heavy atom. The van der Waals surface area contributed by atoms with Crippen LogP contribution in [0.1, 0.15) is 33.4 Å². The number of nitrogens with zero attached hydrogens (tertiary/aromatic N) is 3. The molecule has 14 aromatic carbocycles. The molecule has 1 aliphatic rings. The monoisotopic (exact) mass is 1210 g/mol. The van der Waals surface area contributed by atoms with Crippen molar-refractivity contribution in [1.82, 2.24) is 4.57 Å². The van der Waals surface area contributed by atoms with Gasteiger partial charge in [-0.2, -0.15) is 0 Å². The number of aryl methyl sites for hydroxylation is 2. The molecule has 0 saturated heterocycles. The first kappa shape index (κ1) is 52.5. The van der Waals surface area contributed by atoms with E-state index in [9.17, 15) is 0 Å². The molecule has 20 rings (SSSR count). The van der Waals surface area contributed by atoms with Gasteiger partial charge in [-0.1, -0.05) is 206 Å². The first-order valence-corrected chi connectivity index (χ1v) is 32.1. The van der Waals surface area contributed by atoms with Crippen molar-refractivity contribution in [3.8, 4) is 16.8 Å². The topological polar surface area (TPSA) is 64.0 Å². The molecule has 0 saturated carbocycles. The minimum atomic E-state index is -1.08. The van der Waals surface area contributed by atoms with Gasteiger partial charge in [0, 0.05) is 76.7 Å². The third-order valence-corrected chi connectivity index (χ3v) is 20.0. The molecule has 7 heteroatoms. The zero-order valence-corrected chi connectivity index (χ0v) is 51.3. The predicted octanol–water partition coefficient (Wildman–Crippen LogP) is 24.3. The van der Waals surface area contributed by atoms with Crippen molar-refractivity contribution in [3.05, 3.63) is 331 Å². The molecule has 442 valence electrons. The van der Waals surface area contributed by atoms with Gasteiger partial charge in [0.2, 0.25) is 0 Å². The van der Waals surface area contributed by atoms with Crippen molar-refractivity contribution < 1.29 is 17.7 Å². The highest BCUT2D eigenvalue weighted by molar-refractivity contribution is 6.27. The minimum absolute atomic E-state index is 0.733. The van der Waals surface area contributed by atoms with Gasteiger partial charge in [-0.15, -0.1) is 0 Å². The van der Waals surface area contributed by atoms with Crippen LogP contribution in [0.2, 0.25) is 0 Å². The number of hydrogen-bond donors (Lipinski definition) is 0. The summed E-state index contributed by atoms with van der Waals surface area (Å²) in [4.78, 5) is 4.78. The first-order chi connectivity index (χ1) is 46.5. The lowest BCUT2D eigenvalue weighted by Crippen LogP contribution is -2.30. The Kier molecular flexibility index (Phi) is 11.1. The summed E-state index contributed by atoms with van der Waals surface area (Å²) in [5.74, 6) is 0. The average molecular weight is 1210 g/mol. The number of para-hydroxylation sites is 10. The molecule has 1 atom stereocenters. The van der Waals surface area contributed by atoms with Gasteiger partial charge in [-0.05, 0) is 139 Å².